The number of aliphatic hydroxyl groups excluding tert-OH is 1. The van der Waals surface area contributed by atoms with Crippen LogP contribution in [0.3, 0.4) is 0 Å². The van der Waals surface area contributed by atoms with Crippen molar-refractivity contribution < 1.29 is 14.7 Å². The number of carbonyl (C=O) groups is 2. The van der Waals surface area contributed by atoms with Crippen LogP contribution in [-0.2, 0) is 9.59 Å². The summed E-state index contributed by atoms with van der Waals surface area (Å²) in [7, 11) is 0. The summed E-state index contributed by atoms with van der Waals surface area (Å²) in [6, 6.07) is -0.578. The maximum absolute atomic E-state index is 11.8. The zero-order valence-electron chi connectivity index (χ0n) is 11.0. The average molecular weight is 242 g/mol. The molecule has 1 aliphatic rings. The summed E-state index contributed by atoms with van der Waals surface area (Å²) in [4.78, 5) is 23.5. The van der Waals surface area contributed by atoms with E-state index < -0.39 is 17.0 Å². The Bertz CT molecular complexity index is 316. The predicted octanol–water partition coefficient (Wildman–Crippen LogP) is 0.178. The van der Waals surface area contributed by atoms with Crippen molar-refractivity contribution in [3.8, 4) is 0 Å². The molecule has 0 radical (unpaired) electrons. The van der Waals surface area contributed by atoms with E-state index in [0.717, 1.165) is 12.8 Å². The lowest BCUT2D eigenvalue weighted by Crippen LogP contribution is -2.52. The molecule has 0 saturated heterocycles. The molecule has 1 rings (SSSR count). The summed E-state index contributed by atoms with van der Waals surface area (Å²) >= 11 is 0. The van der Waals surface area contributed by atoms with E-state index in [1.807, 2.05) is 0 Å². The third-order valence-electron chi connectivity index (χ3n) is 2.97. The van der Waals surface area contributed by atoms with Crippen molar-refractivity contribution in [1.29, 1.82) is 0 Å². The third kappa shape index (κ3) is 3.70. The Morgan fingerprint density at radius 2 is 1.88 bits per heavy atom. The first kappa shape index (κ1) is 14.0. The smallest absolute Gasteiger partial charge is 0.242 e. The first-order chi connectivity index (χ1) is 7.70. The Labute approximate surface area is 102 Å². The summed E-state index contributed by atoms with van der Waals surface area (Å²) in [5.74, 6) is -0.400. The number of rotatable bonds is 4. The fourth-order valence-electron chi connectivity index (χ4n) is 1.32. The molecular weight excluding hydrogens is 220 g/mol. The summed E-state index contributed by atoms with van der Waals surface area (Å²) in [5, 5.41) is 14.5. The van der Waals surface area contributed by atoms with Crippen LogP contribution >= 0.6 is 0 Å². The highest BCUT2D eigenvalue weighted by Gasteiger charge is 2.44. The van der Waals surface area contributed by atoms with Gasteiger partial charge in [-0.3, -0.25) is 9.59 Å². The molecule has 1 fully saturated rings. The Kier molecular flexibility index (Phi) is 3.81. The van der Waals surface area contributed by atoms with E-state index in [2.05, 4.69) is 10.6 Å². The van der Waals surface area contributed by atoms with Gasteiger partial charge in [0, 0.05) is 5.41 Å². The van der Waals surface area contributed by atoms with E-state index in [4.69, 9.17) is 5.11 Å². The van der Waals surface area contributed by atoms with Crippen molar-refractivity contribution in [2.45, 2.75) is 52.1 Å². The molecule has 0 aromatic rings. The second kappa shape index (κ2) is 4.64. The lowest BCUT2D eigenvalue weighted by molar-refractivity contribution is -0.133. The van der Waals surface area contributed by atoms with Crippen LogP contribution in [0.5, 0.6) is 0 Å². The van der Waals surface area contributed by atoms with E-state index in [1.54, 1.807) is 27.7 Å². The molecule has 5 heteroatoms. The lowest BCUT2D eigenvalue weighted by Gasteiger charge is -2.23. The van der Waals surface area contributed by atoms with Crippen molar-refractivity contribution in [3.05, 3.63) is 0 Å². The average Bonchev–Trinajstić information content (AvgIpc) is 2.96. The van der Waals surface area contributed by atoms with Gasteiger partial charge in [-0.25, -0.2) is 0 Å². The van der Waals surface area contributed by atoms with E-state index in [-0.39, 0.29) is 18.4 Å². The highest BCUT2D eigenvalue weighted by Crippen LogP contribution is 2.34. The van der Waals surface area contributed by atoms with E-state index in [9.17, 15) is 9.59 Å². The van der Waals surface area contributed by atoms with Crippen molar-refractivity contribution in [2.75, 3.05) is 6.61 Å². The molecule has 1 atom stereocenters. The third-order valence-corrected chi connectivity index (χ3v) is 2.97. The molecule has 0 aliphatic heterocycles. The monoisotopic (exact) mass is 242 g/mol. The standard InChI is InChI=1S/C12H22N2O3/c1-8(13-10(17)11(2,3)4)9(16)14-12(7-15)5-6-12/h8,15H,5-7H2,1-4H3,(H,13,17)(H,14,16). The fourth-order valence-corrected chi connectivity index (χ4v) is 1.32. The molecule has 0 aromatic heterocycles. The number of nitrogens with one attached hydrogen (secondary N) is 2. The second-order valence-electron chi connectivity index (χ2n) is 5.87. The molecule has 1 unspecified atom stereocenters. The number of hydrogen-bond acceptors (Lipinski definition) is 3. The van der Waals surface area contributed by atoms with Crippen LogP contribution in [0.1, 0.15) is 40.5 Å². The van der Waals surface area contributed by atoms with E-state index >= 15 is 0 Å². The lowest BCUT2D eigenvalue weighted by atomic mass is 9.95. The van der Waals surface area contributed by atoms with Gasteiger partial charge in [0.2, 0.25) is 11.8 Å². The Morgan fingerprint density at radius 3 is 2.24 bits per heavy atom. The summed E-state index contributed by atoms with van der Waals surface area (Å²) in [6.45, 7) is 6.99. The Hall–Kier alpha value is -1.10. The van der Waals surface area contributed by atoms with E-state index in [0.29, 0.717) is 0 Å². The minimum atomic E-state index is -0.578. The molecule has 0 heterocycles. The quantitative estimate of drug-likeness (QED) is 0.658. The molecule has 1 aliphatic carbocycles. The van der Waals surface area contributed by atoms with Crippen molar-refractivity contribution in [1.82, 2.24) is 10.6 Å². The fraction of sp³-hybridized carbons (Fsp3) is 0.833. The van der Waals surface area contributed by atoms with Gasteiger partial charge < -0.3 is 15.7 Å². The molecule has 1 saturated carbocycles. The minimum absolute atomic E-state index is 0.0430. The SMILES string of the molecule is CC(NC(=O)C(C)(C)C)C(=O)NC1(CO)CC1. The molecule has 5 nitrogen and oxygen atoms in total. The molecule has 3 N–H and O–H groups in total. The number of hydrogen-bond donors (Lipinski definition) is 3. The van der Waals surface area contributed by atoms with Crippen LogP contribution in [0.15, 0.2) is 0 Å². The molecule has 98 valence electrons. The van der Waals surface area contributed by atoms with Crippen molar-refractivity contribution in [2.24, 2.45) is 5.41 Å². The van der Waals surface area contributed by atoms with Gasteiger partial charge in [0.15, 0.2) is 0 Å². The van der Waals surface area contributed by atoms with Crippen molar-refractivity contribution in [3.63, 3.8) is 0 Å². The number of aliphatic hydroxyl groups is 1. The van der Waals surface area contributed by atoms with Gasteiger partial charge in [0.1, 0.15) is 6.04 Å². The van der Waals surface area contributed by atoms with Crippen molar-refractivity contribution >= 4 is 11.8 Å². The first-order valence-corrected chi connectivity index (χ1v) is 5.94. The van der Waals surface area contributed by atoms with Crippen LogP contribution in [0.25, 0.3) is 0 Å². The highest BCUT2D eigenvalue weighted by molar-refractivity contribution is 5.89. The van der Waals surface area contributed by atoms with Gasteiger partial charge in [-0.1, -0.05) is 20.8 Å². The maximum atomic E-state index is 11.8. The van der Waals surface area contributed by atoms with Gasteiger partial charge in [-0.05, 0) is 19.8 Å². The highest BCUT2D eigenvalue weighted by atomic mass is 16.3. The molecule has 0 bridgehead atoms. The van der Waals surface area contributed by atoms with Crippen LogP contribution in [-0.4, -0.2) is 35.1 Å². The predicted molar refractivity (Wildman–Crippen MR) is 64.3 cm³/mol. The summed E-state index contributed by atoms with van der Waals surface area (Å²) < 4.78 is 0. The Morgan fingerprint density at radius 1 is 1.35 bits per heavy atom. The molecule has 0 spiro atoms. The zero-order valence-corrected chi connectivity index (χ0v) is 11.0. The van der Waals surface area contributed by atoms with Crippen LogP contribution in [0.2, 0.25) is 0 Å². The minimum Gasteiger partial charge on any atom is -0.394 e. The largest absolute Gasteiger partial charge is 0.394 e. The van der Waals surface area contributed by atoms with E-state index in [1.165, 1.54) is 0 Å². The number of amides is 2. The van der Waals surface area contributed by atoms with Crippen LogP contribution < -0.4 is 10.6 Å². The normalized spacial score (nSPS) is 19.4. The first-order valence-electron chi connectivity index (χ1n) is 5.94. The van der Waals surface area contributed by atoms with Gasteiger partial charge in [-0.15, -0.1) is 0 Å². The zero-order chi connectivity index (χ0) is 13.3. The molecule has 0 aromatic carbocycles. The molecule has 17 heavy (non-hydrogen) atoms. The van der Waals surface area contributed by atoms with Gasteiger partial charge in [0.25, 0.3) is 0 Å². The Balaban J connectivity index is 2.45. The van der Waals surface area contributed by atoms with Gasteiger partial charge in [-0.2, -0.15) is 0 Å². The van der Waals surface area contributed by atoms with Gasteiger partial charge in [0.05, 0.1) is 12.1 Å². The summed E-state index contributed by atoms with van der Waals surface area (Å²) in [5.41, 5.74) is -0.944. The summed E-state index contributed by atoms with van der Waals surface area (Å²) in [6.07, 6.45) is 1.60. The van der Waals surface area contributed by atoms with Crippen LogP contribution in [0, 0.1) is 5.41 Å². The number of carbonyl (C=O) groups excluding carboxylic acids is 2. The maximum Gasteiger partial charge on any atom is 0.242 e. The topological polar surface area (TPSA) is 78.4 Å². The second-order valence-corrected chi connectivity index (χ2v) is 5.87. The molecule has 2 amide bonds. The van der Waals surface area contributed by atoms with Crippen LogP contribution in [0.4, 0.5) is 0 Å². The molecular formula is C12H22N2O3. The van der Waals surface area contributed by atoms with Gasteiger partial charge >= 0.3 is 0 Å².